The first kappa shape index (κ1) is 12.1. The second kappa shape index (κ2) is 4.89. The van der Waals surface area contributed by atoms with Crippen LogP contribution in [0.5, 0.6) is 0 Å². The molecule has 0 radical (unpaired) electrons. The Morgan fingerprint density at radius 2 is 2.19 bits per heavy atom. The normalized spacial score (nSPS) is 30.7. The fourth-order valence-electron chi connectivity index (χ4n) is 3.13. The van der Waals surface area contributed by atoms with E-state index >= 15 is 0 Å². The second-order valence-electron chi connectivity index (χ2n) is 5.51. The van der Waals surface area contributed by atoms with Crippen LogP contribution in [-0.4, -0.2) is 25.3 Å². The summed E-state index contributed by atoms with van der Waals surface area (Å²) in [5, 5.41) is 3.68. The minimum Gasteiger partial charge on any atom is -0.378 e. The minimum atomic E-state index is 0.505. The summed E-state index contributed by atoms with van der Waals surface area (Å²) < 4.78 is 5.84. The molecule has 0 aliphatic heterocycles. The van der Waals surface area contributed by atoms with E-state index in [-0.39, 0.29) is 0 Å². The van der Waals surface area contributed by atoms with Gasteiger partial charge in [-0.1, -0.05) is 18.1 Å². The summed E-state index contributed by atoms with van der Waals surface area (Å²) in [7, 11) is 0. The van der Waals surface area contributed by atoms with Gasteiger partial charge in [0, 0.05) is 24.6 Å². The van der Waals surface area contributed by atoms with E-state index in [1.54, 1.807) is 0 Å². The molecule has 0 aromatic carbocycles. The van der Waals surface area contributed by atoms with Crippen LogP contribution in [0.25, 0.3) is 0 Å². The molecule has 0 amide bonds. The van der Waals surface area contributed by atoms with E-state index in [0.29, 0.717) is 17.6 Å². The monoisotopic (exact) mass is 223 g/mol. The topological polar surface area (TPSA) is 21.3 Å². The zero-order valence-electron chi connectivity index (χ0n) is 10.9. The Balaban J connectivity index is 1.82. The van der Waals surface area contributed by atoms with Crippen LogP contribution in [0, 0.1) is 5.41 Å². The number of ether oxygens (including phenoxy) is 1. The average Bonchev–Trinajstić information content (AvgIpc) is 2.12. The van der Waals surface area contributed by atoms with E-state index in [1.165, 1.54) is 31.3 Å². The molecular formula is C14H25NO. The molecule has 0 saturated heterocycles. The van der Waals surface area contributed by atoms with Crippen molar-refractivity contribution in [2.45, 2.75) is 58.6 Å². The Labute approximate surface area is 99.4 Å². The van der Waals surface area contributed by atoms with Gasteiger partial charge in [-0.2, -0.15) is 0 Å². The molecular weight excluding hydrogens is 198 g/mol. The van der Waals surface area contributed by atoms with Crippen molar-refractivity contribution in [3.8, 4) is 0 Å². The van der Waals surface area contributed by atoms with Gasteiger partial charge in [-0.15, -0.1) is 0 Å². The van der Waals surface area contributed by atoms with Gasteiger partial charge in [0.05, 0.1) is 6.10 Å². The highest BCUT2D eigenvalue weighted by atomic mass is 16.5. The first-order valence-electron chi connectivity index (χ1n) is 6.67. The van der Waals surface area contributed by atoms with E-state index in [9.17, 15) is 0 Å². The van der Waals surface area contributed by atoms with E-state index in [1.807, 2.05) is 0 Å². The molecule has 1 N–H and O–H groups in total. The lowest BCUT2D eigenvalue weighted by Crippen LogP contribution is -2.66. The molecule has 2 atom stereocenters. The fourth-order valence-corrected chi connectivity index (χ4v) is 3.13. The third-order valence-corrected chi connectivity index (χ3v) is 4.31. The maximum Gasteiger partial charge on any atom is 0.0661 e. The molecule has 0 aromatic heterocycles. The largest absolute Gasteiger partial charge is 0.378 e. The molecule has 0 heterocycles. The van der Waals surface area contributed by atoms with Crippen molar-refractivity contribution in [1.29, 1.82) is 0 Å². The van der Waals surface area contributed by atoms with Gasteiger partial charge in [0.15, 0.2) is 0 Å². The highest BCUT2D eigenvalue weighted by molar-refractivity contribution is 5.12. The van der Waals surface area contributed by atoms with Crippen LogP contribution in [0.2, 0.25) is 0 Å². The molecule has 2 aliphatic carbocycles. The van der Waals surface area contributed by atoms with E-state index in [4.69, 9.17) is 4.74 Å². The van der Waals surface area contributed by atoms with Crippen LogP contribution in [0.3, 0.4) is 0 Å². The van der Waals surface area contributed by atoms with Crippen LogP contribution in [-0.2, 0) is 4.74 Å². The van der Waals surface area contributed by atoms with Crippen molar-refractivity contribution in [1.82, 2.24) is 5.32 Å². The van der Waals surface area contributed by atoms with Crippen molar-refractivity contribution < 1.29 is 4.74 Å². The molecule has 2 saturated carbocycles. The quantitative estimate of drug-likeness (QED) is 0.724. The molecule has 1 spiro atoms. The summed E-state index contributed by atoms with van der Waals surface area (Å²) in [6, 6.07) is 0.702. The van der Waals surface area contributed by atoms with Crippen molar-refractivity contribution in [2.75, 3.05) is 13.2 Å². The zero-order chi connectivity index (χ0) is 11.6. The molecule has 0 aromatic rings. The third-order valence-electron chi connectivity index (χ3n) is 4.31. The number of rotatable bonds is 5. The van der Waals surface area contributed by atoms with E-state index < -0.39 is 0 Å². The SMILES string of the molecule is CCOC1CC(NCC=C(C)C)C12CCC2. The Bertz CT molecular complexity index is 264. The van der Waals surface area contributed by atoms with Crippen LogP contribution in [0.1, 0.15) is 46.5 Å². The molecule has 2 nitrogen and oxygen atoms in total. The van der Waals surface area contributed by atoms with Gasteiger partial charge in [0.1, 0.15) is 0 Å². The lowest BCUT2D eigenvalue weighted by Gasteiger charge is -2.61. The number of allylic oxidation sites excluding steroid dienone is 1. The Morgan fingerprint density at radius 3 is 2.69 bits per heavy atom. The van der Waals surface area contributed by atoms with Gasteiger partial charge in [-0.3, -0.25) is 0 Å². The minimum absolute atomic E-state index is 0.505. The van der Waals surface area contributed by atoms with Gasteiger partial charge in [0.2, 0.25) is 0 Å². The van der Waals surface area contributed by atoms with Crippen LogP contribution in [0.4, 0.5) is 0 Å². The lowest BCUT2D eigenvalue weighted by molar-refractivity contribution is -0.172. The van der Waals surface area contributed by atoms with Crippen LogP contribution >= 0.6 is 0 Å². The van der Waals surface area contributed by atoms with Gasteiger partial charge >= 0.3 is 0 Å². The number of hydrogen-bond acceptors (Lipinski definition) is 2. The molecule has 92 valence electrons. The van der Waals surface area contributed by atoms with Crippen molar-refractivity contribution >= 4 is 0 Å². The summed E-state index contributed by atoms with van der Waals surface area (Å²) in [6.07, 6.45) is 8.15. The third kappa shape index (κ3) is 2.05. The first-order chi connectivity index (χ1) is 7.69. The summed E-state index contributed by atoms with van der Waals surface area (Å²) >= 11 is 0. The standard InChI is InChI=1S/C14H25NO/c1-4-16-13-10-12(14(13)7-5-8-14)15-9-6-11(2)3/h6,12-13,15H,4-5,7-10H2,1-3H3. The second-order valence-corrected chi connectivity index (χ2v) is 5.51. The van der Waals surface area contributed by atoms with E-state index in [0.717, 1.165) is 13.2 Å². The Kier molecular flexibility index (Phi) is 3.70. The van der Waals surface area contributed by atoms with Gasteiger partial charge < -0.3 is 10.1 Å². The molecule has 2 aliphatic rings. The Hall–Kier alpha value is -0.340. The lowest BCUT2D eigenvalue weighted by atomic mass is 9.51. The average molecular weight is 223 g/mol. The van der Waals surface area contributed by atoms with Gasteiger partial charge in [0.25, 0.3) is 0 Å². The van der Waals surface area contributed by atoms with Crippen LogP contribution in [0.15, 0.2) is 11.6 Å². The summed E-state index contributed by atoms with van der Waals surface area (Å²) in [5.74, 6) is 0. The van der Waals surface area contributed by atoms with Crippen LogP contribution < -0.4 is 5.32 Å². The molecule has 2 fully saturated rings. The number of nitrogens with one attached hydrogen (secondary N) is 1. The molecule has 0 bridgehead atoms. The van der Waals surface area contributed by atoms with Crippen molar-refractivity contribution in [2.24, 2.45) is 5.41 Å². The van der Waals surface area contributed by atoms with E-state index in [2.05, 4.69) is 32.2 Å². The van der Waals surface area contributed by atoms with Gasteiger partial charge in [-0.25, -0.2) is 0 Å². The first-order valence-corrected chi connectivity index (χ1v) is 6.67. The Morgan fingerprint density at radius 1 is 1.44 bits per heavy atom. The van der Waals surface area contributed by atoms with Gasteiger partial charge in [-0.05, 0) is 40.0 Å². The van der Waals surface area contributed by atoms with Crippen molar-refractivity contribution in [3.05, 3.63) is 11.6 Å². The number of hydrogen-bond donors (Lipinski definition) is 1. The predicted octanol–water partition coefficient (Wildman–Crippen LogP) is 2.89. The maximum absolute atomic E-state index is 5.84. The highest BCUT2D eigenvalue weighted by Gasteiger charge is 2.58. The molecule has 16 heavy (non-hydrogen) atoms. The molecule has 2 heteroatoms. The highest BCUT2D eigenvalue weighted by Crippen LogP contribution is 2.57. The van der Waals surface area contributed by atoms with Crippen molar-refractivity contribution in [3.63, 3.8) is 0 Å². The summed E-state index contributed by atoms with van der Waals surface area (Å²) in [5.41, 5.74) is 1.90. The molecule has 2 rings (SSSR count). The summed E-state index contributed by atoms with van der Waals surface area (Å²) in [4.78, 5) is 0. The smallest absolute Gasteiger partial charge is 0.0661 e. The maximum atomic E-state index is 5.84. The fraction of sp³-hybridized carbons (Fsp3) is 0.857. The predicted molar refractivity (Wildman–Crippen MR) is 67.5 cm³/mol. The zero-order valence-corrected chi connectivity index (χ0v) is 10.9. The summed E-state index contributed by atoms with van der Waals surface area (Å²) in [6.45, 7) is 8.31. The molecule has 2 unspecified atom stereocenters.